The van der Waals surface area contributed by atoms with Crippen LogP contribution in [0.1, 0.15) is 0 Å². The highest BCUT2D eigenvalue weighted by Gasteiger charge is 2.10. The second kappa shape index (κ2) is 7.24. The number of amides is 2. The number of carbonyl (C=O) groups is 1. The molecule has 84 valence electrons. The molecule has 0 fully saturated rings. The molecule has 0 saturated heterocycles. The van der Waals surface area contributed by atoms with E-state index in [0.717, 1.165) is 0 Å². The summed E-state index contributed by atoms with van der Waals surface area (Å²) in [5.41, 5.74) is 9.19. The minimum atomic E-state index is -4.42. The summed E-state index contributed by atoms with van der Waals surface area (Å²) in [5, 5.41) is 15.9. The first kappa shape index (κ1) is 15.3. The zero-order valence-electron chi connectivity index (χ0n) is 6.88. The van der Waals surface area contributed by atoms with Crippen LogP contribution in [0.5, 0.6) is 0 Å². The maximum atomic E-state index is 9.70. The molecule has 0 aromatic carbocycles. The molecular formula is C3H11N4O6P. The van der Waals surface area contributed by atoms with Crippen LogP contribution in [-0.4, -0.2) is 33.7 Å². The number of aliphatic hydroxyl groups is 1. The van der Waals surface area contributed by atoms with Crippen LogP contribution in [0.2, 0.25) is 0 Å². The fourth-order valence-electron chi connectivity index (χ4n) is 0.208. The molecule has 0 aromatic heterocycles. The molecule has 0 aromatic rings. The highest BCUT2D eigenvalue weighted by molar-refractivity contribution is 7.46. The number of carbonyl (C=O) groups excluding carboxylic acids is 1. The van der Waals surface area contributed by atoms with E-state index in [4.69, 9.17) is 20.3 Å². The summed E-state index contributed by atoms with van der Waals surface area (Å²) in [5.74, 6) is -0.437. The molecule has 0 saturated carbocycles. The topological polar surface area (TPSA) is 192 Å². The van der Waals surface area contributed by atoms with Crippen molar-refractivity contribution in [3.8, 4) is 0 Å². The van der Waals surface area contributed by atoms with Crippen molar-refractivity contribution in [3.05, 3.63) is 0 Å². The number of urea groups is 1. The number of phosphoric acid groups is 1. The van der Waals surface area contributed by atoms with Crippen molar-refractivity contribution in [2.45, 2.75) is 0 Å². The largest absolute Gasteiger partial charge is 0.471 e. The third kappa shape index (κ3) is 22.4. The van der Waals surface area contributed by atoms with Crippen molar-refractivity contribution in [2.24, 2.45) is 11.5 Å². The summed E-state index contributed by atoms with van der Waals surface area (Å²) in [4.78, 5) is 25.2. The second-order valence-corrected chi connectivity index (χ2v) is 2.89. The van der Waals surface area contributed by atoms with Crippen molar-refractivity contribution in [1.82, 2.24) is 5.32 Å². The number of hydrogen-bond donors (Lipinski definition) is 7. The maximum Gasteiger partial charge on any atom is 0.471 e. The summed E-state index contributed by atoms with van der Waals surface area (Å²) >= 11 is 0. The smallest absolute Gasteiger partial charge is 0.370 e. The number of rotatable bonds is 2. The van der Waals surface area contributed by atoms with E-state index in [9.17, 15) is 9.36 Å². The Morgan fingerprint density at radius 3 is 1.93 bits per heavy atom. The lowest BCUT2D eigenvalue weighted by Crippen LogP contribution is -2.39. The van der Waals surface area contributed by atoms with Crippen LogP contribution in [0.25, 0.3) is 0 Å². The number of nitrogens with two attached hydrogens (primary N) is 2. The predicted molar refractivity (Wildman–Crippen MR) is 44.8 cm³/mol. The number of phosphoric ester groups is 1. The van der Waals surface area contributed by atoms with Crippen molar-refractivity contribution in [2.75, 3.05) is 6.79 Å². The minimum Gasteiger partial charge on any atom is -0.370 e. The molecule has 14 heavy (non-hydrogen) atoms. The van der Waals surface area contributed by atoms with Gasteiger partial charge in [0.25, 0.3) is 0 Å². The Labute approximate surface area is 78.6 Å². The van der Waals surface area contributed by atoms with E-state index in [1.165, 1.54) is 0 Å². The molecule has 0 rings (SSSR count). The molecule has 0 aliphatic rings. The molecule has 0 radical (unpaired) electrons. The number of guanidine groups is 1. The van der Waals surface area contributed by atoms with Gasteiger partial charge in [0.2, 0.25) is 0 Å². The number of nitrogens with one attached hydrogen (secondary N) is 2. The van der Waals surface area contributed by atoms with E-state index < -0.39 is 26.6 Å². The molecule has 10 nitrogen and oxygen atoms in total. The Morgan fingerprint density at radius 1 is 1.50 bits per heavy atom. The van der Waals surface area contributed by atoms with Gasteiger partial charge in [-0.3, -0.25) is 15.2 Å². The van der Waals surface area contributed by atoms with E-state index >= 15 is 0 Å². The van der Waals surface area contributed by atoms with Gasteiger partial charge in [0, 0.05) is 0 Å². The lowest BCUT2D eigenvalue weighted by molar-refractivity contribution is 0.0659. The van der Waals surface area contributed by atoms with Gasteiger partial charge in [0.05, 0.1) is 0 Å². The lowest BCUT2D eigenvalue weighted by atomic mass is 10.9. The van der Waals surface area contributed by atoms with Gasteiger partial charge >= 0.3 is 13.9 Å². The number of aliphatic hydroxyl groups excluding tert-OH is 1. The van der Waals surface area contributed by atoms with Crippen LogP contribution in [0.3, 0.4) is 0 Å². The summed E-state index contributed by atoms with van der Waals surface area (Å²) in [6.07, 6.45) is 0. The van der Waals surface area contributed by atoms with Gasteiger partial charge in [-0.25, -0.2) is 9.36 Å². The van der Waals surface area contributed by atoms with E-state index in [1.54, 1.807) is 5.32 Å². The highest BCUT2D eigenvalue weighted by atomic mass is 31.2. The Morgan fingerprint density at radius 2 is 1.93 bits per heavy atom. The highest BCUT2D eigenvalue weighted by Crippen LogP contribution is 2.34. The Bertz CT molecular complexity index is 225. The maximum absolute atomic E-state index is 9.70. The lowest BCUT2D eigenvalue weighted by Gasteiger charge is -1.97. The number of primary amides is 1. The fraction of sp³-hybridized carbons (Fsp3) is 0.333. The van der Waals surface area contributed by atoms with E-state index in [1.807, 2.05) is 0 Å². The van der Waals surface area contributed by atoms with Gasteiger partial charge < -0.3 is 26.4 Å². The van der Waals surface area contributed by atoms with Crippen molar-refractivity contribution < 1.29 is 28.8 Å². The summed E-state index contributed by atoms with van der Waals surface area (Å²) < 4.78 is 13.0. The Hall–Kier alpha value is -1.19. The van der Waals surface area contributed by atoms with Gasteiger partial charge in [-0.15, -0.1) is 0 Å². The van der Waals surface area contributed by atoms with Gasteiger partial charge in [-0.05, 0) is 0 Å². The van der Waals surface area contributed by atoms with Crippen LogP contribution >= 0.6 is 7.82 Å². The first-order valence-corrected chi connectivity index (χ1v) is 4.43. The van der Waals surface area contributed by atoms with E-state index in [-0.39, 0.29) is 0 Å². The van der Waals surface area contributed by atoms with Crippen molar-refractivity contribution >= 4 is 19.8 Å². The van der Waals surface area contributed by atoms with Gasteiger partial charge in [0.1, 0.15) is 0 Å². The zero-order chi connectivity index (χ0) is 11.8. The quantitative estimate of drug-likeness (QED) is 0.119. The molecule has 0 atom stereocenters. The van der Waals surface area contributed by atoms with E-state index in [2.05, 4.69) is 16.0 Å². The minimum absolute atomic E-state index is 0.437. The molecule has 0 unspecified atom stereocenters. The van der Waals surface area contributed by atoms with Gasteiger partial charge in [-0.1, -0.05) is 0 Å². The predicted octanol–water partition coefficient (Wildman–Crippen LogP) is -2.41. The average Bonchev–Trinajstić information content (AvgIpc) is 1.80. The molecule has 0 aliphatic heterocycles. The third-order valence-electron chi connectivity index (χ3n) is 0.484. The Balaban J connectivity index is 0. The first-order valence-electron chi connectivity index (χ1n) is 2.90. The normalized spacial score (nSPS) is 9.64. The average molecular weight is 230 g/mol. The van der Waals surface area contributed by atoms with Crippen LogP contribution < -0.4 is 16.8 Å². The summed E-state index contributed by atoms with van der Waals surface area (Å²) in [7, 11) is -4.42. The molecule has 0 heterocycles. The second-order valence-electron chi connectivity index (χ2n) is 1.65. The zero-order valence-corrected chi connectivity index (χ0v) is 7.77. The van der Waals surface area contributed by atoms with Crippen LogP contribution in [0.15, 0.2) is 0 Å². The SMILES string of the molecule is N=C(N)NC(N)=O.O=P(O)(O)OCO. The van der Waals surface area contributed by atoms with Crippen molar-refractivity contribution in [1.29, 1.82) is 5.41 Å². The Kier molecular flexibility index (Phi) is 7.90. The third-order valence-corrected chi connectivity index (χ3v) is 0.936. The van der Waals surface area contributed by atoms with Crippen molar-refractivity contribution in [3.63, 3.8) is 0 Å². The van der Waals surface area contributed by atoms with Crippen LogP contribution in [0, 0.1) is 5.41 Å². The standard InChI is InChI=1S/C2H6N4O.CH5O5P/c3-1(4)6-2(5)7;2-1-6-7(3,4)5/h(H6,3,4,5,6,7);2H,1H2,(H2,3,4,5). The van der Waals surface area contributed by atoms with Gasteiger partial charge in [-0.2, -0.15) is 0 Å². The summed E-state index contributed by atoms with van der Waals surface area (Å²) in [6.45, 7) is -0.954. The van der Waals surface area contributed by atoms with Crippen LogP contribution in [0.4, 0.5) is 4.79 Å². The first-order chi connectivity index (χ1) is 6.19. The van der Waals surface area contributed by atoms with Gasteiger partial charge in [0.15, 0.2) is 12.8 Å². The molecule has 2 amide bonds. The molecule has 0 bridgehead atoms. The fourth-order valence-corrected chi connectivity index (χ4v) is 0.358. The molecule has 9 N–H and O–H groups in total. The number of hydrogen-bond acceptors (Lipinski definition) is 5. The summed E-state index contributed by atoms with van der Waals surface area (Å²) in [6, 6.07) is -0.812. The van der Waals surface area contributed by atoms with E-state index in [0.29, 0.717) is 0 Å². The monoisotopic (exact) mass is 230 g/mol. The molecular weight excluding hydrogens is 219 g/mol. The molecule has 11 heteroatoms. The molecule has 0 aliphatic carbocycles. The van der Waals surface area contributed by atoms with Crippen LogP contribution in [-0.2, 0) is 9.09 Å². The molecule has 0 spiro atoms.